The molecule has 470 valence electrons. The third-order valence-corrected chi connectivity index (χ3v) is 18.9. The number of amides is 2. The van der Waals surface area contributed by atoms with Crippen molar-refractivity contribution < 1.29 is 48.5 Å². The van der Waals surface area contributed by atoms with E-state index in [9.17, 15) is 29.4 Å². The number of carbonyl (C=O) groups excluding carboxylic acids is 4. The first-order valence-electron chi connectivity index (χ1n) is 31.1. The van der Waals surface area contributed by atoms with E-state index in [1.807, 2.05) is 60.7 Å². The topological polar surface area (TPSA) is 214 Å². The summed E-state index contributed by atoms with van der Waals surface area (Å²) in [6.45, 7) is 36.4. The highest BCUT2D eigenvalue weighted by Gasteiger charge is 2.51. The van der Waals surface area contributed by atoms with Crippen LogP contribution < -0.4 is 10.6 Å². The third kappa shape index (κ3) is 16.7. The summed E-state index contributed by atoms with van der Waals surface area (Å²) in [5, 5.41) is 25.4. The van der Waals surface area contributed by atoms with Gasteiger partial charge < -0.3 is 35.3 Å². The predicted molar refractivity (Wildman–Crippen MR) is 348 cm³/mol. The number of carbonyl (C=O) groups is 6. The number of nitrogens with one attached hydrogen (secondary N) is 3. The lowest BCUT2D eigenvalue weighted by atomic mass is 9.59. The summed E-state index contributed by atoms with van der Waals surface area (Å²) in [5.41, 5.74) is 1.10. The molecule has 1 aromatic heterocycles. The molecule has 2 aliphatic carbocycles. The second-order valence-electron chi connectivity index (χ2n) is 30.2. The number of ether oxygens (including phenoxy) is 2. The second kappa shape index (κ2) is 26.9. The van der Waals surface area contributed by atoms with Crippen molar-refractivity contribution in [3.63, 3.8) is 0 Å². The number of hydrogen-bond donors (Lipinski definition) is 5. The van der Waals surface area contributed by atoms with Gasteiger partial charge in [0.25, 0.3) is 0 Å². The van der Waals surface area contributed by atoms with Crippen LogP contribution in [0.4, 0.5) is 5.82 Å². The summed E-state index contributed by atoms with van der Waals surface area (Å²) in [5.74, 6) is -2.78. The van der Waals surface area contributed by atoms with Gasteiger partial charge in [0.2, 0.25) is 11.8 Å². The largest absolute Gasteiger partial charge is 0.478 e. The molecule has 4 aromatic rings. The van der Waals surface area contributed by atoms with Gasteiger partial charge in [-0.2, -0.15) is 0 Å². The van der Waals surface area contributed by atoms with Gasteiger partial charge in [0.1, 0.15) is 35.0 Å². The molecule has 3 aromatic carbocycles. The van der Waals surface area contributed by atoms with E-state index in [2.05, 4.69) is 113 Å². The van der Waals surface area contributed by atoms with Crippen LogP contribution in [0, 0.1) is 62.6 Å². The molecule has 0 radical (unpaired) electrons. The van der Waals surface area contributed by atoms with E-state index in [0.717, 1.165) is 31.7 Å². The third-order valence-electron chi connectivity index (χ3n) is 17.9. The molecule has 0 spiro atoms. The summed E-state index contributed by atoms with van der Waals surface area (Å²) < 4.78 is 14.0. The minimum atomic E-state index is -1.22. The average molecular weight is 1210 g/mol. The van der Waals surface area contributed by atoms with Crippen LogP contribution in [0.1, 0.15) is 211 Å². The van der Waals surface area contributed by atoms with Crippen molar-refractivity contribution in [2.24, 2.45) is 67.6 Å². The van der Waals surface area contributed by atoms with Crippen molar-refractivity contribution >= 4 is 70.8 Å². The number of H-pyrrole nitrogens is 1. The van der Waals surface area contributed by atoms with Crippen LogP contribution in [-0.2, 0) is 23.9 Å². The number of rotatable bonds is 17. The Morgan fingerprint density at radius 2 is 1.07 bits per heavy atom. The normalized spacial score (nSPS) is 22.6. The number of allylic oxidation sites excluding steroid dienone is 1. The van der Waals surface area contributed by atoms with Gasteiger partial charge in [0.05, 0.1) is 22.5 Å². The van der Waals surface area contributed by atoms with E-state index < -0.39 is 41.5 Å². The van der Waals surface area contributed by atoms with Crippen LogP contribution in [0.5, 0.6) is 0 Å². The monoisotopic (exact) mass is 1210 g/mol. The summed E-state index contributed by atoms with van der Waals surface area (Å²) in [6.07, 6.45) is 6.16. The Bertz CT molecular complexity index is 3200. The number of esters is 2. The lowest BCUT2D eigenvalue weighted by Gasteiger charge is -2.50. The maximum absolute atomic E-state index is 15.8. The molecular formula is C72H96N4O10S. The SMILES string of the molecule is CC1CC(C(C)(C)C)C(OC(=O)C2=C(c3ccccc3)C(=Cc3[nH]c(NC(=O)CCCCCSc4cc(C(=O)O)cc(C(=O)O)c4)c(C(=O)OC4C(C(C)(C)C)CC(C)CC4C(C)(C)C)c3-c3ccccc3)N=C2NC(=O)C(C)(C)C)C(C(C)(C)C)C1. The van der Waals surface area contributed by atoms with Gasteiger partial charge in [0, 0.05) is 51.5 Å². The smallest absolute Gasteiger partial charge is 0.342 e. The van der Waals surface area contributed by atoms with Crippen LogP contribution in [-0.4, -0.2) is 74.7 Å². The minimum Gasteiger partial charge on any atom is -0.478 e. The molecule has 15 heteroatoms. The van der Waals surface area contributed by atoms with E-state index in [1.165, 1.54) is 23.9 Å². The number of unbranched alkanes of at least 4 members (excludes halogenated alkanes) is 2. The standard InChI is InChI=1S/C72H96N4O10S/c1-41-33-48(68(3,4)5)59(49(34-41)69(6,7)8)85-65(82)57-55(43-27-21-18-22-28-43)52(73-61(57)75-54(77)31-25-20-26-32-87-47-38-45(63(78)79)37-46(39-47)64(80)81)40-53-56(44-29-23-19-24-30-44)58(62(74-53)76-67(84)72(15,16)17)66(83)86-60-50(70(9,10)11)35-42(2)36-51(60)71(12,13)14/h18-19,21-24,27-30,37-42,48-51,59-60,73H,20,25-26,31-36H2,1-17H3,(H,75,77)(H,78,79)(H,80,81)(H,74,76,84). The Hall–Kier alpha value is -6.74. The highest BCUT2D eigenvalue weighted by molar-refractivity contribution is 7.99. The summed E-state index contributed by atoms with van der Waals surface area (Å²) in [7, 11) is 0. The fraction of sp³-hybridized carbons (Fsp3) is 0.542. The van der Waals surface area contributed by atoms with Gasteiger partial charge in [0.15, 0.2) is 0 Å². The number of aromatic carboxylic acids is 2. The molecule has 3 aliphatic rings. The lowest BCUT2D eigenvalue weighted by molar-refractivity contribution is -0.164. The number of anilines is 1. The van der Waals surface area contributed by atoms with Crippen molar-refractivity contribution in [3.8, 4) is 11.1 Å². The molecule has 2 amide bonds. The zero-order chi connectivity index (χ0) is 64.3. The second-order valence-corrected chi connectivity index (χ2v) is 31.4. The maximum atomic E-state index is 15.8. The van der Waals surface area contributed by atoms with Crippen molar-refractivity contribution in [1.82, 2.24) is 10.3 Å². The van der Waals surface area contributed by atoms with E-state index >= 15 is 9.59 Å². The Labute approximate surface area is 521 Å². The van der Waals surface area contributed by atoms with Gasteiger partial charge in [-0.3, -0.25) is 9.59 Å². The van der Waals surface area contributed by atoms with Crippen LogP contribution >= 0.6 is 11.8 Å². The first kappa shape index (κ1) is 67.8. The van der Waals surface area contributed by atoms with Crippen molar-refractivity contribution in [2.45, 2.75) is 186 Å². The molecule has 4 unspecified atom stereocenters. The van der Waals surface area contributed by atoms with E-state index in [-0.39, 0.29) is 97.5 Å². The number of amidine groups is 1. The van der Waals surface area contributed by atoms with Gasteiger partial charge >= 0.3 is 23.9 Å². The molecule has 5 N–H and O–H groups in total. The summed E-state index contributed by atoms with van der Waals surface area (Å²) >= 11 is 1.35. The van der Waals surface area contributed by atoms with Gasteiger partial charge in [-0.25, -0.2) is 24.2 Å². The number of thioether (sulfide) groups is 1. The molecular weight excluding hydrogens is 1110 g/mol. The molecule has 87 heavy (non-hydrogen) atoms. The molecule has 14 nitrogen and oxygen atoms in total. The van der Waals surface area contributed by atoms with Gasteiger partial charge in [-0.1, -0.05) is 185 Å². The number of aromatic nitrogens is 1. The van der Waals surface area contributed by atoms with E-state index in [0.29, 0.717) is 75.4 Å². The summed E-state index contributed by atoms with van der Waals surface area (Å²) in [4.78, 5) is 92.9. The predicted octanol–water partition coefficient (Wildman–Crippen LogP) is 16.7. The highest BCUT2D eigenvalue weighted by Crippen LogP contribution is 2.52. The molecule has 7 rings (SSSR count). The molecule has 2 heterocycles. The van der Waals surface area contributed by atoms with Gasteiger partial charge in [-0.15, -0.1) is 11.8 Å². The quantitative estimate of drug-likeness (QED) is 0.0381. The number of aromatic amines is 1. The van der Waals surface area contributed by atoms with Crippen LogP contribution in [0.15, 0.2) is 100 Å². The first-order valence-corrected chi connectivity index (χ1v) is 32.1. The fourth-order valence-electron chi connectivity index (χ4n) is 13.0. The molecule has 0 bridgehead atoms. The van der Waals surface area contributed by atoms with Crippen LogP contribution in [0.2, 0.25) is 0 Å². The highest BCUT2D eigenvalue weighted by atomic mass is 32.2. The zero-order valence-corrected chi connectivity index (χ0v) is 55.4. The number of carboxylic acid groups (broad SMARTS) is 2. The van der Waals surface area contributed by atoms with Crippen LogP contribution in [0.25, 0.3) is 22.8 Å². The zero-order valence-electron chi connectivity index (χ0n) is 54.6. The number of benzene rings is 3. The molecule has 0 saturated heterocycles. The average Bonchev–Trinajstić information content (AvgIpc) is 1.80. The molecule has 2 fully saturated rings. The molecule has 1 aliphatic heterocycles. The Kier molecular flexibility index (Phi) is 21.0. The number of carboxylic acids is 2. The van der Waals surface area contributed by atoms with Gasteiger partial charge in [-0.05, 0) is 113 Å². The van der Waals surface area contributed by atoms with Crippen molar-refractivity contribution in [3.05, 3.63) is 118 Å². The molecule has 4 atom stereocenters. The van der Waals surface area contributed by atoms with Crippen molar-refractivity contribution in [1.29, 1.82) is 0 Å². The minimum absolute atomic E-state index is 0.00679. The Balaban J connectivity index is 1.38. The first-order chi connectivity index (χ1) is 40.4. The number of aliphatic imine (C=N–C) groups is 1. The van der Waals surface area contributed by atoms with Crippen molar-refractivity contribution in [2.75, 3.05) is 11.1 Å². The summed E-state index contributed by atoms with van der Waals surface area (Å²) in [6, 6.07) is 22.9. The van der Waals surface area contributed by atoms with Crippen LogP contribution in [0.3, 0.4) is 0 Å². The number of nitrogens with zero attached hydrogens (tertiary/aromatic N) is 1. The van der Waals surface area contributed by atoms with E-state index in [4.69, 9.17) is 14.5 Å². The lowest BCUT2D eigenvalue weighted by Crippen LogP contribution is -2.50. The Morgan fingerprint density at radius 3 is 1.52 bits per heavy atom. The number of hydrogen-bond acceptors (Lipinski definition) is 10. The van der Waals surface area contributed by atoms with E-state index in [1.54, 1.807) is 26.8 Å². The molecule has 2 saturated carbocycles. The Morgan fingerprint density at radius 1 is 0.609 bits per heavy atom. The maximum Gasteiger partial charge on any atom is 0.342 e. The fourth-order valence-corrected chi connectivity index (χ4v) is 14.0.